The van der Waals surface area contributed by atoms with E-state index < -0.39 is 0 Å². The fraction of sp³-hybridized carbons (Fsp3) is 0.682. The van der Waals surface area contributed by atoms with Gasteiger partial charge in [-0.15, -0.1) is 24.0 Å². The molecule has 1 unspecified atom stereocenters. The molecule has 29 heavy (non-hydrogen) atoms. The molecule has 2 rings (SSSR count). The quantitative estimate of drug-likeness (QED) is 0.214. The molecule has 1 aliphatic rings. The zero-order valence-corrected chi connectivity index (χ0v) is 20.8. The largest absolute Gasteiger partial charge is 0.497 e. The number of benzene rings is 1. The smallest absolute Gasteiger partial charge is 0.191 e. The van der Waals surface area contributed by atoms with Gasteiger partial charge in [-0.3, -0.25) is 4.99 Å². The molecule has 0 amide bonds. The highest BCUT2D eigenvalue weighted by Gasteiger charge is 2.15. The summed E-state index contributed by atoms with van der Waals surface area (Å²) < 4.78 is 11.2. The first-order valence-electron chi connectivity index (χ1n) is 10.5. The van der Waals surface area contributed by atoms with E-state index in [2.05, 4.69) is 46.8 Å². The molecule has 6 nitrogen and oxygen atoms in total. The second-order valence-corrected chi connectivity index (χ2v) is 7.62. The zero-order chi connectivity index (χ0) is 20.2. The van der Waals surface area contributed by atoms with Crippen molar-refractivity contribution < 1.29 is 9.47 Å². The second-order valence-electron chi connectivity index (χ2n) is 7.62. The summed E-state index contributed by atoms with van der Waals surface area (Å²) in [6, 6.07) is 8.49. The Hall–Kier alpha value is -1.06. The van der Waals surface area contributed by atoms with Gasteiger partial charge in [0.05, 0.1) is 19.3 Å². The molecule has 1 aliphatic carbocycles. The SMILES string of the molecule is CN=C(NCCCOC1CCCCC1)NCC(c1ccc(OC)cc1)N(C)C.I. The lowest BCUT2D eigenvalue weighted by Crippen LogP contribution is -2.42. The predicted molar refractivity (Wildman–Crippen MR) is 132 cm³/mol. The van der Waals surface area contributed by atoms with Crippen LogP contribution in [0.5, 0.6) is 5.75 Å². The molecule has 1 aromatic carbocycles. The standard InChI is InChI=1S/C22H38N4O2.HI/c1-23-22(24-15-8-16-28-20-9-6-5-7-10-20)25-17-21(26(2)3)18-11-13-19(27-4)14-12-18;/h11-14,20-21H,5-10,15-17H2,1-4H3,(H2,23,24,25);1H. The van der Waals surface area contributed by atoms with Crippen molar-refractivity contribution in [1.82, 2.24) is 15.5 Å². The molecule has 166 valence electrons. The van der Waals surface area contributed by atoms with Crippen LogP contribution in [0.4, 0.5) is 0 Å². The summed E-state index contributed by atoms with van der Waals surface area (Å²) in [7, 11) is 7.69. The molecule has 0 spiro atoms. The predicted octanol–water partition coefficient (Wildman–Crippen LogP) is 3.82. The maximum absolute atomic E-state index is 5.99. The minimum absolute atomic E-state index is 0. The fourth-order valence-electron chi connectivity index (χ4n) is 3.60. The Morgan fingerprint density at radius 2 is 1.83 bits per heavy atom. The van der Waals surface area contributed by atoms with E-state index in [4.69, 9.17) is 9.47 Å². The number of halogens is 1. The first kappa shape index (κ1) is 26.0. The minimum Gasteiger partial charge on any atom is -0.497 e. The van der Waals surface area contributed by atoms with Crippen LogP contribution in [0.2, 0.25) is 0 Å². The molecule has 0 saturated heterocycles. The van der Waals surface area contributed by atoms with E-state index in [0.29, 0.717) is 6.10 Å². The lowest BCUT2D eigenvalue weighted by Gasteiger charge is -2.26. The number of nitrogens with zero attached hydrogens (tertiary/aromatic N) is 2. The molecular weight excluding hydrogens is 479 g/mol. The number of nitrogens with one attached hydrogen (secondary N) is 2. The van der Waals surface area contributed by atoms with Crippen molar-refractivity contribution in [2.45, 2.75) is 50.7 Å². The number of guanidine groups is 1. The summed E-state index contributed by atoms with van der Waals surface area (Å²) in [5.41, 5.74) is 1.25. The Kier molecular flexibility index (Phi) is 13.3. The Balaban J connectivity index is 0.00000420. The zero-order valence-electron chi connectivity index (χ0n) is 18.4. The summed E-state index contributed by atoms with van der Waals surface area (Å²) >= 11 is 0. The molecule has 1 atom stereocenters. The van der Waals surface area contributed by atoms with Gasteiger partial charge in [-0.25, -0.2) is 0 Å². The highest BCUT2D eigenvalue weighted by molar-refractivity contribution is 14.0. The van der Waals surface area contributed by atoms with Crippen LogP contribution < -0.4 is 15.4 Å². The van der Waals surface area contributed by atoms with Gasteiger partial charge in [0.15, 0.2) is 5.96 Å². The average Bonchev–Trinajstić information content (AvgIpc) is 2.73. The van der Waals surface area contributed by atoms with E-state index in [1.807, 2.05) is 19.2 Å². The Morgan fingerprint density at radius 3 is 2.41 bits per heavy atom. The van der Waals surface area contributed by atoms with Gasteiger partial charge in [-0.2, -0.15) is 0 Å². The van der Waals surface area contributed by atoms with Crippen molar-refractivity contribution in [3.05, 3.63) is 29.8 Å². The average molecular weight is 518 g/mol. The Morgan fingerprint density at radius 1 is 1.14 bits per heavy atom. The van der Waals surface area contributed by atoms with E-state index >= 15 is 0 Å². The maximum Gasteiger partial charge on any atom is 0.191 e. The van der Waals surface area contributed by atoms with Crippen LogP contribution in [0.25, 0.3) is 0 Å². The number of methoxy groups -OCH3 is 1. The van der Waals surface area contributed by atoms with E-state index in [-0.39, 0.29) is 30.0 Å². The molecule has 0 bridgehead atoms. The first-order chi connectivity index (χ1) is 13.6. The van der Waals surface area contributed by atoms with Gasteiger partial charge in [0.2, 0.25) is 0 Å². The molecular formula is C22H39IN4O2. The van der Waals surface area contributed by atoms with Gasteiger partial charge in [-0.1, -0.05) is 31.4 Å². The minimum atomic E-state index is 0. The number of aliphatic imine (C=N–C) groups is 1. The molecule has 0 heterocycles. The van der Waals surface area contributed by atoms with E-state index in [1.54, 1.807) is 7.11 Å². The Bertz CT molecular complexity index is 575. The van der Waals surface area contributed by atoms with Gasteiger partial charge in [-0.05, 0) is 51.1 Å². The van der Waals surface area contributed by atoms with E-state index in [9.17, 15) is 0 Å². The first-order valence-corrected chi connectivity index (χ1v) is 10.5. The molecule has 0 aromatic heterocycles. The van der Waals surface area contributed by atoms with Crippen LogP contribution >= 0.6 is 24.0 Å². The number of likely N-dealkylation sites (N-methyl/N-ethyl adjacent to an activating group) is 1. The van der Waals surface area contributed by atoms with Crippen molar-refractivity contribution in [2.75, 3.05) is 47.9 Å². The molecule has 0 aliphatic heterocycles. The molecule has 1 aromatic rings. The maximum atomic E-state index is 5.99. The van der Waals surface area contributed by atoms with Crippen molar-refractivity contribution in [2.24, 2.45) is 4.99 Å². The van der Waals surface area contributed by atoms with Gasteiger partial charge in [0, 0.05) is 26.7 Å². The molecule has 1 saturated carbocycles. The van der Waals surface area contributed by atoms with Crippen LogP contribution in [0.1, 0.15) is 50.1 Å². The summed E-state index contributed by atoms with van der Waals surface area (Å²) in [6.07, 6.45) is 7.95. The van der Waals surface area contributed by atoms with Crippen LogP contribution in [-0.4, -0.2) is 64.9 Å². The lowest BCUT2D eigenvalue weighted by molar-refractivity contribution is 0.0277. The van der Waals surface area contributed by atoms with Crippen molar-refractivity contribution >= 4 is 29.9 Å². The topological polar surface area (TPSA) is 58.1 Å². The molecule has 7 heteroatoms. The summed E-state index contributed by atoms with van der Waals surface area (Å²) in [5.74, 6) is 1.71. The normalized spacial score (nSPS) is 16.2. The van der Waals surface area contributed by atoms with Gasteiger partial charge >= 0.3 is 0 Å². The summed E-state index contributed by atoms with van der Waals surface area (Å²) in [4.78, 5) is 6.55. The van der Waals surface area contributed by atoms with Crippen LogP contribution in [0, 0.1) is 0 Å². The van der Waals surface area contributed by atoms with Crippen molar-refractivity contribution in [3.8, 4) is 5.75 Å². The van der Waals surface area contributed by atoms with Crippen molar-refractivity contribution in [3.63, 3.8) is 0 Å². The number of hydrogen-bond donors (Lipinski definition) is 2. The highest BCUT2D eigenvalue weighted by Crippen LogP contribution is 2.21. The van der Waals surface area contributed by atoms with Crippen LogP contribution in [0.15, 0.2) is 29.3 Å². The van der Waals surface area contributed by atoms with Gasteiger partial charge in [0.25, 0.3) is 0 Å². The van der Waals surface area contributed by atoms with Gasteiger partial charge < -0.3 is 25.0 Å². The summed E-state index contributed by atoms with van der Waals surface area (Å²) in [5, 5.41) is 6.83. The van der Waals surface area contributed by atoms with Crippen molar-refractivity contribution in [1.29, 1.82) is 0 Å². The fourth-order valence-corrected chi connectivity index (χ4v) is 3.60. The third kappa shape index (κ3) is 9.53. The van der Waals surface area contributed by atoms with Crippen LogP contribution in [-0.2, 0) is 4.74 Å². The van der Waals surface area contributed by atoms with E-state index in [1.165, 1.54) is 37.7 Å². The van der Waals surface area contributed by atoms with E-state index in [0.717, 1.165) is 37.8 Å². The van der Waals surface area contributed by atoms with Crippen LogP contribution in [0.3, 0.4) is 0 Å². The summed E-state index contributed by atoms with van der Waals surface area (Å²) in [6.45, 7) is 2.46. The highest BCUT2D eigenvalue weighted by atomic mass is 127. The van der Waals surface area contributed by atoms with Gasteiger partial charge in [0.1, 0.15) is 5.75 Å². The molecule has 1 fully saturated rings. The third-order valence-corrected chi connectivity index (χ3v) is 5.33. The number of ether oxygens (including phenoxy) is 2. The monoisotopic (exact) mass is 518 g/mol. The Labute approximate surface area is 193 Å². The molecule has 0 radical (unpaired) electrons. The second kappa shape index (κ2) is 14.8. The number of hydrogen-bond acceptors (Lipinski definition) is 4. The third-order valence-electron chi connectivity index (χ3n) is 5.33. The lowest BCUT2D eigenvalue weighted by atomic mass is 9.98. The number of rotatable bonds is 10. The molecule has 2 N–H and O–H groups in total.